The third-order valence-electron chi connectivity index (χ3n) is 3.80. The zero-order valence-corrected chi connectivity index (χ0v) is 31.6. The Morgan fingerprint density at radius 2 is 0.886 bits per heavy atom. The molecule has 0 aliphatic rings. The minimum atomic E-state index is -0.139. The summed E-state index contributed by atoms with van der Waals surface area (Å²) in [5.74, 6) is 1.59. The third-order valence-corrected chi connectivity index (χ3v) is 3.80. The van der Waals surface area contributed by atoms with Crippen LogP contribution in [0.15, 0.2) is 15.0 Å². The zero-order chi connectivity index (χ0) is 37.3. The number of guanidine groups is 1. The van der Waals surface area contributed by atoms with E-state index in [0.29, 0.717) is 25.2 Å². The fourth-order valence-electron chi connectivity index (χ4n) is 1.69. The van der Waals surface area contributed by atoms with E-state index in [0.717, 1.165) is 0 Å². The molecule has 0 aliphatic heterocycles. The van der Waals surface area contributed by atoms with Gasteiger partial charge in [0.1, 0.15) is 0 Å². The Hall–Kier alpha value is -3.38. The molecule has 17 N–H and O–H groups in total. The van der Waals surface area contributed by atoms with Gasteiger partial charge in [-0.3, -0.25) is 31.2 Å². The highest BCUT2D eigenvalue weighted by Gasteiger charge is 2.12. The maximum atomic E-state index is 6.93. The molecule has 0 saturated carbocycles. The SMILES string of the molecule is CC(C)(C)C(=N)N.CC(C)(C)CC(=N)N.CC(C)(C)CC(=N)N.CC(C)(C)CN=C(N)N.CC(C)(C)N=CN.CN=C(C)N. The number of hydrogen-bond acceptors (Lipinski definition) is 6. The summed E-state index contributed by atoms with van der Waals surface area (Å²) < 4.78 is 0. The molecule has 0 aromatic carbocycles. The van der Waals surface area contributed by atoms with Gasteiger partial charge in [0.25, 0.3) is 0 Å². The lowest BCUT2D eigenvalue weighted by Crippen LogP contribution is -2.27. The molecule has 13 heteroatoms. The molecule has 0 fully saturated rings. The van der Waals surface area contributed by atoms with Gasteiger partial charge in [0.05, 0.1) is 35.2 Å². The average molecular weight is 630 g/mol. The van der Waals surface area contributed by atoms with Gasteiger partial charge in [-0.05, 0) is 43.9 Å². The molecule has 0 rings (SSSR count). The molecule has 0 aromatic rings. The van der Waals surface area contributed by atoms with E-state index in [-0.39, 0.29) is 50.7 Å². The van der Waals surface area contributed by atoms with Crippen LogP contribution in [0.5, 0.6) is 0 Å². The van der Waals surface area contributed by atoms with Crippen molar-refractivity contribution in [2.75, 3.05) is 13.6 Å². The number of nitrogens with one attached hydrogen (secondary N) is 3. The highest BCUT2D eigenvalue weighted by molar-refractivity contribution is 5.82. The Bertz CT molecular complexity index is 817. The van der Waals surface area contributed by atoms with E-state index in [1.165, 1.54) is 6.34 Å². The van der Waals surface area contributed by atoms with Crippen molar-refractivity contribution in [3.05, 3.63) is 0 Å². The topological polar surface area (TPSA) is 291 Å². The summed E-state index contributed by atoms with van der Waals surface area (Å²) in [5.41, 5.74) is 36.2. The molecule has 0 atom stereocenters. The smallest absolute Gasteiger partial charge is 0.185 e. The van der Waals surface area contributed by atoms with Crippen LogP contribution in [0.2, 0.25) is 0 Å². The molecule has 0 saturated heterocycles. The molecule has 0 spiro atoms. The maximum absolute atomic E-state index is 6.93. The number of nitrogens with two attached hydrogens (primary N) is 7. The van der Waals surface area contributed by atoms with Crippen molar-refractivity contribution in [1.29, 1.82) is 16.2 Å². The molecule has 0 aliphatic carbocycles. The van der Waals surface area contributed by atoms with Gasteiger partial charge in [-0.2, -0.15) is 0 Å². The van der Waals surface area contributed by atoms with Gasteiger partial charge < -0.3 is 40.1 Å². The van der Waals surface area contributed by atoms with Gasteiger partial charge in [0, 0.05) is 31.8 Å². The lowest BCUT2D eigenvalue weighted by Gasteiger charge is -2.15. The summed E-state index contributed by atoms with van der Waals surface area (Å²) in [6, 6.07) is 0. The van der Waals surface area contributed by atoms with Crippen molar-refractivity contribution in [2.24, 2.45) is 76.8 Å². The Morgan fingerprint density at radius 3 is 0.909 bits per heavy atom. The van der Waals surface area contributed by atoms with Crippen molar-refractivity contribution in [1.82, 2.24) is 0 Å². The van der Waals surface area contributed by atoms with E-state index in [1.807, 2.05) is 41.5 Å². The fraction of sp³-hybridized carbons (Fsp3) is 0.806. The quantitative estimate of drug-likeness (QED) is 0.154. The normalized spacial score (nSPS) is 11.6. The van der Waals surface area contributed by atoms with E-state index in [9.17, 15) is 0 Å². The lowest BCUT2D eigenvalue weighted by atomic mass is 9.92. The number of nitrogens with zero attached hydrogens (tertiary/aromatic N) is 3. The standard InChI is InChI=1S/C6H15N3.2C6H14N2.2C5H12N2.C3H8N2/c1-6(2,3)4-9-5(7)8;2*1-6(2,3)4-5(7)8;1-5(2,3)7-4-6;1-5(2,3)4(6)7;1-3(4)5-2/h4H2,1-3H3,(H4,7,8,9);2*4H2,1-3H3,(H3,7,8);4H,1-3H3,(H2,6,7);1-3H3,(H3,6,7);1-2H3,(H2,4,5). The van der Waals surface area contributed by atoms with Crippen molar-refractivity contribution >= 4 is 35.6 Å². The van der Waals surface area contributed by atoms with Crippen LogP contribution in [0.1, 0.15) is 124 Å². The van der Waals surface area contributed by atoms with Crippen LogP contribution in [0.4, 0.5) is 0 Å². The van der Waals surface area contributed by atoms with Crippen LogP contribution in [0.25, 0.3) is 0 Å². The summed E-state index contributed by atoms with van der Waals surface area (Å²) in [5, 5.41) is 20.8. The number of amidine groups is 4. The third kappa shape index (κ3) is 90.2. The van der Waals surface area contributed by atoms with Crippen LogP contribution in [0, 0.1) is 37.9 Å². The largest absolute Gasteiger partial charge is 0.390 e. The first kappa shape index (κ1) is 53.2. The molecule has 0 radical (unpaired) electrons. The summed E-state index contributed by atoms with van der Waals surface area (Å²) in [6.07, 6.45) is 2.71. The summed E-state index contributed by atoms with van der Waals surface area (Å²) in [4.78, 5) is 11.4. The number of hydrogen-bond donors (Lipinski definition) is 10. The highest BCUT2D eigenvalue weighted by atomic mass is 15.0. The van der Waals surface area contributed by atoms with E-state index in [1.54, 1.807) is 14.0 Å². The van der Waals surface area contributed by atoms with E-state index in [4.69, 9.17) is 56.4 Å². The van der Waals surface area contributed by atoms with Crippen molar-refractivity contribution in [2.45, 2.75) is 129 Å². The molecular weight excluding hydrogens is 554 g/mol. The number of aliphatic imine (C=N–C) groups is 3. The lowest BCUT2D eigenvalue weighted by molar-refractivity contribution is 0.429. The van der Waals surface area contributed by atoms with Crippen LogP contribution in [-0.4, -0.2) is 54.8 Å². The first-order valence-electron chi connectivity index (χ1n) is 14.5. The average Bonchev–Trinajstić information content (AvgIpc) is 2.68. The Labute approximate surface area is 271 Å². The molecule has 44 heavy (non-hydrogen) atoms. The maximum Gasteiger partial charge on any atom is 0.185 e. The summed E-state index contributed by atoms with van der Waals surface area (Å²) >= 11 is 0. The first-order valence-corrected chi connectivity index (χ1v) is 14.5. The Kier molecular flexibility index (Phi) is 30.2. The second-order valence-electron chi connectivity index (χ2n) is 15.8. The van der Waals surface area contributed by atoms with Crippen molar-refractivity contribution in [3.63, 3.8) is 0 Å². The first-order chi connectivity index (χ1) is 19.0. The van der Waals surface area contributed by atoms with Crippen LogP contribution in [0.3, 0.4) is 0 Å². The fourth-order valence-corrected chi connectivity index (χ4v) is 1.69. The van der Waals surface area contributed by atoms with Crippen LogP contribution >= 0.6 is 0 Å². The molecule has 0 bridgehead atoms. The molecule has 0 amide bonds. The minimum absolute atomic E-state index is 0.00521. The predicted molar refractivity (Wildman–Crippen MR) is 199 cm³/mol. The van der Waals surface area contributed by atoms with Crippen molar-refractivity contribution in [3.8, 4) is 0 Å². The molecule has 0 heterocycles. The van der Waals surface area contributed by atoms with E-state index >= 15 is 0 Å². The van der Waals surface area contributed by atoms with Gasteiger partial charge >= 0.3 is 0 Å². The zero-order valence-electron chi connectivity index (χ0n) is 31.6. The summed E-state index contributed by atoms with van der Waals surface area (Å²) in [7, 11) is 1.66. The molecule has 13 nitrogen and oxygen atoms in total. The monoisotopic (exact) mass is 630 g/mol. The molecule has 0 aromatic heterocycles. The van der Waals surface area contributed by atoms with Gasteiger partial charge in [-0.15, -0.1) is 0 Å². The van der Waals surface area contributed by atoms with Gasteiger partial charge in [0.15, 0.2) is 5.96 Å². The Balaban J connectivity index is -0.0000000992. The highest BCUT2D eigenvalue weighted by Crippen LogP contribution is 2.17. The number of rotatable bonds is 3. The molecule has 0 unspecified atom stereocenters. The van der Waals surface area contributed by atoms with Crippen LogP contribution in [-0.2, 0) is 0 Å². The van der Waals surface area contributed by atoms with Gasteiger partial charge in [-0.25, -0.2) is 0 Å². The second kappa shape index (κ2) is 25.0. The van der Waals surface area contributed by atoms with Crippen molar-refractivity contribution < 1.29 is 0 Å². The van der Waals surface area contributed by atoms with E-state index in [2.05, 4.69) is 77.3 Å². The Morgan fingerprint density at radius 1 is 0.614 bits per heavy atom. The van der Waals surface area contributed by atoms with Gasteiger partial charge in [0.2, 0.25) is 0 Å². The minimum Gasteiger partial charge on any atom is -0.390 e. The summed E-state index contributed by atoms with van der Waals surface area (Å²) in [6.45, 7) is 32.8. The predicted octanol–water partition coefficient (Wildman–Crippen LogP) is 4.76. The van der Waals surface area contributed by atoms with E-state index < -0.39 is 0 Å². The molecular formula is C31H75N13. The molecule has 264 valence electrons. The second-order valence-corrected chi connectivity index (χ2v) is 15.8. The van der Waals surface area contributed by atoms with Gasteiger partial charge in [-0.1, -0.05) is 83.1 Å². The van der Waals surface area contributed by atoms with Crippen LogP contribution < -0.4 is 40.1 Å².